The second kappa shape index (κ2) is 9.60. The summed E-state index contributed by atoms with van der Waals surface area (Å²) in [5.74, 6) is 0.0910. The zero-order chi connectivity index (χ0) is 12.4. The lowest BCUT2D eigenvalue weighted by Gasteiger charge is -2.23. The van der Waals surface area contributed by atoms with E-state index in [2.05, 4.69) is 43.2 Å². The largest absolute Gasteiger partial charge is 0.355 e. The fourth-order valence-corrected chi connectivity index (χ4v) is 1.53. The number of amides is 1. The first-order valence-corrected chi connectivity index (χ1v) is 6.36. The molecule has 1 amide bonds. The van der Waals surface area contributed by atoms with Crippen molar-refractivity contribution in [3.05, 3.63) is 0 Å². The Labute approximate surface area is 99.8 Å². The number of hydrogen-bond acceptors (Lipinski definition) is 3. The van der Waals surface area contributed by atoms with Crippen molar-refractivity contribution in [1.82, 2.24) is 15.5 Å². The Balaban J connectivity index is 3.63. The van der Waals surface area contributed by atoms with E-state index in [0.29, 0.717) is 12.6 Å². The summed E-state index contributed by atoms with van der Waals surface area (Å²) in [6.45, 7) is 12.8. The molecule has 16 heavy (non-hydrogen) atoms. The van der Waals surface area contributed by atoms with Crippen molar-refractivity contribution < 1.29 is 4.79 Å². The smallest absolute Gasteiger partial charge is 0.233 e. The van der Waals surface area contributed by atoms with Crippen LogP contribution in [0.25, 0.3) is 0 Å². The lowest BCUT2D eigenvalue weighted by Crippen LogP contribution is -2.43. The van der Waals surface area contributed by atoms with E-state index >= 15 is 0 Å². The van der Waals surface area contributed by atoms with Crippen LogP contribution < -0.4 is 10.6 Å². The molecule has 4 heteroatoms. The zero-order valence-electron chi connectivity index (χ0n) is 11.2. The Kier molecular flexibility index (Phi) is 9.24. The van der Waals surface area contributed by atoms with Gasteiger partial charge in [-0.15, -0.1) is 0 Å². The van der Waals surface area contributed by atoms with Crippen LogP contribution in [0.4, 0.5) is 0 Å². The number of carbonyl (C=O) groups is 1. The molecule has 0 saturated carbocycles. The standard InChI is InChI=1S/C12H27N3O/c1-5-8-13-12(16)9-14-11(4)10-15(6-2)7-3/h11,14H,5-10H2,1-4H3,(H,13,16). The number of nitrogens with one attached hydrogen (secondary N) is 2. The highest BCUT2D eigenvalue weighted by atomic mass is 16.1. The molecule has 0 radical (unpaired) electrons. The fraction of sp³-hybridized carbons (Fsp3) is 0.917. The average Bonchev–Trinajstić information content (AvgIpc) is 2.30. The van der Waals surface area contributed by atoms with Gasteiger partial charge in [0, 0.05) is 19.1 Å². The SMILES string of the molecule is CCCNC(=O)CNC(C)CN(CC)CC. The van der Waals surface area contributed by atoms with Crippen LogP contribution in [0.15, 0.2) is 0 Å². The van der Waals surface area contributed by atoms with E-state index in [-0.39, 0.29) is 5.91 Å². The minimum Gasteiger partial charge on any atom is -0.355 e. The summed E-state index contributed by atoms with van der Waals surface area (Å²) in [6, 6.07) is 0.354. The first-order chi connectivity index (χ1) is 7.63. The molecule has 1 atom stereocenters. The average molecular weight is 229 g/mol. The minimum atomic E-state index is 0.0910. The summed E-state index contributed by atoms with van der Waals surface area (Å²) in [5, 5.41) is 6.09. The lowest BCUT2D eigenvalue weighted by molar-refractivity contribution is -0.120. The van der Waals surface area contributed by atoms with Crippen LogP contribution in [0.1, 0.15) is 34.1 Å². The van der Waals surface area contributed by atoms with Gasteiger partial charge in [-0.05, 0) is 26.4 Å². The van der Waals surface area contributed by atoms with Crippen LogP contribution in [0.5, 0.6) is 0 Å². The summed E-state index contributed by atoms with van der Waals surface area (Å²) >= 11 is 0. The first-order valence-electron chi connectivity index (χ1n) is 6.36. The van der Waals surface area contributed by atoms with E-state index in [4.69, 9.17) is 0 Å². The van der Waals surface area contributed by atoms with Crippen molar-refractivity contribution in [2.24, 2.45) is 0 Å². The third kappa shape index (κ3) is 7.65. The molecule has 96 valence electrons. The second-order valence-electron chi connectivity index (χ2n) is 4.12. The van der Waals surface area contributed by atoms with Gasteiger partial charge in [-0.3, -0.25) is 4.79 Å². The van der Waals surface area contributed by atoms with E-state index in [1.807, 2.05) is 0 Å². The monoisotopic (exact) mass is 229 g/mol. The van der Waals surface area contributed by atoms with Crippen molar-refractivity contribution in [2.45, 2.75) is 40.2 Å². The summed E-state index contributed by atoms with van der Waals surface area (Å²) < 4.78 is 0. The van der Waals surface area contributed by atoms with Crippen molar-refractivity contribution in [3.63, 3.8) is 0 Å². The van der Waals surface area contributed by atoms with Gasteiger partial charge in [0.1, 0.15) is 0 Å². The van der Waals surface area contributed by atoms with Crippen molar-refractivity contribution in [1.29, 1.82) is 0 Å². The topological polar surface area (TPSA) is 44.4 Å². The number of hydrogen-bond donors (Lipinski definition) is 2. The third-order valence-corrected chi connectivity index (χ3v) is 2.61. The first kappa shape index (κ1) is 15.4. The molecule has 0 bridgehead atoms. The van der Waals surface area contributed by atoms with Gasteiger partial charge in [0.05, 0.1) is 6.54 Å². The predicted octanol–water partition coefficient (Wildman–Crippen LogP) is 0.833. The summed E-state index contributed by atoms with van der Waals surface area (Å²) in [4.78, 5) is 13.7. The molecule has 0 aromatic carbocycles. The molecule has 0 aliphatic heterocycles. The third-order valence-electron chi connectivity index (χ3n) is 2.61. The highest BCUT2D eigenvalue weighted by Gasteiger charge is 2.08. The molecule has 0 fully saturated rings. The summed E-state index contributed by atoms with van der Waals surface area (Å²) in [7, 11) is 0. The molecule has 0 aromatic rings. The quantitative estimate of drug-likeness (QED) is 0.615. The highest BCUT2D eigenvalue weighted by Crippen LogP contribution is 1.90. The van der Waals surface area contributed by atoms with Crippen LogP contribution in [0, 0.1) is 0 Å². The van der Waals surface area contributed by atoms with E-state index in [0.717, 1.165) is 32.6 Å². The maximum absolute atomic E-state index is 11.3. The Morgan fingerprint density at radius 2 is 1.88 bits per heavy atom. The number of nitrogens with zero attached hydrogens (tertiary/aromatic N) is 1. The van der Waals surface area contributed by atoms with Crippen molar-refractivity contribution in [3.8, 4) is 0 Å². The van der Waals surface area contributed by atoms with Gasteiger partial charge in [-0.25, -0.2) is 0 Å². The normalized spacial score (nSPS) is 12.8. The van der Waals surface area contributed by atoms with Crippen LogP contribution in [-0.2, 0) is 4.79 Å². The molecule has 0 aliphatic rings. The van der Waals surface area contributed by atoms with Gasteiger partial charge in [-0.1, -0.05) is 20.8 Å². The summed E-state index contributed by atoms with van der Waals surface area (Å²) in [6.07, 6.45) is 0.987. The molecule has 0 rings (SSSR count). The van der Waals surface area contributed by atoms with Gasteiger partial charge in [0.15, 0.2) is 0 Å². The molecule has 0 heterocycles. The van der Waals surface area contributed by atoms with Crippen LogP contribution in [-0.4, -0.2) is 49.6 Å². The lowest BCUT2D eigenvalue weighted by atomic mass is 10.3. The molecular weight excluding hydrogens is 202 g/mol. The zero-order valence-corrected chi connectivity index (χ0v) is 11.2. The van der Waals surface area contributed by atoms with Crippen molar-refractivity contribution >= 4 is 5.91 Å². The highest BCUT2D eigenvalue weighted by molar-refractivity contribution is 5.77. The Hall–Kier alpha value is -0.610. The fourth-order valence-electron chi connectivity index (χ4n) is 1.53. The van der Waals surface area contributed by atoms with E-state index in [1.54, 1.807) is 0 Å². The number of carbonyl (C=O) groups excluding carboxylic acids is 1. The van der Waals surface area contributed by atoms with Gasteiger partial charge >= 0.3 is 0 Å². The molecular formula is C12H27N3O. The summed E-state index contributed by atoms with van der Waals surface area (Å²) in [5.41, 5.74) is 0. The van der Waals surface area contributed by atoms with E-state index in [9.17, 15) is 4.79 Å². The maximum Gasteiger partial charge on any atom is 0.233 e. The van der Waals surface area contributed by atoms with Gasteiger partial charge < -0.3 is 15.5 Å². The van der Waals surface area contributed by atoms with Crippen LogP contribution >= 0.6 is 0 Å². The van der Waals surface area contributed by atoms with E-state index in [1.165, 1.54) is 0 Å². The van der Waals surface area contributed by atoms with E-state index < -0.39 is 0 Å². The molecule has 1 unspecified atom stereocenters. The molecule has 0 aliphatic carbocycles. The Bertz CT molecular complexity index is 181. The molecule has 0 saturated heterocycles. The molecule has 4 nitrogen and oxygen atoms in total. The maximum atomic E-state index is 11.3. The Morgan fingerprint density at radius 1 is 1.25 bits per heavy atom. The van der Waals surface area contributed by atoms with Gasteiger partial charge in [0.2, 0.25) is 5.91 Å². The molecule has 2 N–H and O–H groups in total. The molecule has 0 aromatic heterocycles. The van der Waals surface area contributed by atoms with Gasteiger partial charge in [-0.2, -0.15) is 0 Å². The second-order valence-corrected chi connectivity index (χ2v) is 4.12. The van der Waals surface area contributed by atoms with Gasteiger partial charge in [0.25, 0.3) is 0 Å². The van der Waals surface area contributed by atoms with Crippen LogP contribution in [0.2, 0.25) is 0 Å². The Morgan fingerprint density at radius 3 is 2.38 bits per heavy atom. The number of likely N-dealkylation sites (N-methyl/N-ethyl adjacent to an activating group) is 1. The number of rotatable bonds is 9. The predicted molar refractivity (Wildman–Crippen MR) is 68.6 cm³/mol. The van der Waals surface area contributed by atoms with Crippen molar-refractivity contribution in [2.75, 3.05) is 32.7 Å². The molecule has 0 spiro atoms. The minimum absolute atomic E-state index is 0.0910. The van der Waals surface area contributed by atoms with Crippen LogP contribution in [0.3, 0.4) is 0 Å².